The van der Waals surface area contributed by atoms with E-state index in [0.29, 0.717) is 30.9 Å². The number of urea groups is 1. The van der Waals surface area contributed by atoms with E-state index in [2.05, 4.69) is 10.6 Å². The van der Waals surface area contributed by atoms with Gasteiger partial charge < -0.3 is 20.3 Å². The normalized spacial score (nSPS) is 16.9. The Hall–Kier alpha value is -2.57. The van der Waals surface area contributed by atoms with Gasteiger partial charge in [0.05, 0.1) is 12.5 Å². The zero-order chi connectivity index (χ0) is 19.1. The zero-order valence-electron chi connectivity index (χ0n) is 15.6. The predicted molar refractivity (Wildman–Crippen MR) is 99.0 cm³/mol. The van der Waals surface area contributed by atoms with Crippen LogP contribution in [0.15, 0.2) is 24.3 Å². The van der Waals surface area contributed by atoms with Crippen molar-refractivity contribution in [2.75, 3.05) is 25.0 Å². The first-order valence-corrected chi connectivity index (χ1v) is 9.04. The van der Waals surface area contributed by atoms with Gasteiger partial charge >= 0.3 is 12.0 Å². The van der Waals surface area contributed by atoms with E-state index in [4.69, 9.17) is 4.74 Å². The minimum absolute atomic E-state index is 0.0213. The summed E-state index contributed by atoms with van der Waals surface area (Å²) in [7, 11) is 0. The largest absolute Gasteiger partial charge is 0.466 e. The molecule has 0 spiro atoms. The quantitative estimate of drug-likeness (QED) is 0.789. The Kier molecular flexibility index (Phi) is 7.00. The molecule has 1 aliphatic heterocycles. The van der Waals surface area contributed by atoms with Crippen LogP contribution in [0.5, 0.6) is 0 Å². The molecule has 2 rings (SSSR count). The fourth-order valence-electron chi connectivity index (χ4n) is 2.96. The molecule has 0 radical (unpaired) electrons. The average molecular weight is 361 g/mol. The number of rotatable bonds is 5. The molecule has 142 valence electrons. The van der Waals surface area contributed by atoms with E-state index in [-0.39, 0.29) is 29.9 Å². The number of anilines is 1. The molecule has 1 saturated heterocycles. The number of esters is 1. The number of likely N-dealkylation sites (tertiary alicyclic amines) is 1. The van der Waals surface area contributed by atoms with Gasteiger partial charge in [-0.25, -0.2) is 4.79 Å². The van der Waals surface area contributed by atoms with E-state index in [1.54, 1.807) is 36.1 Å². The van der Waals surface area contributed by atoms with E-state index < -0.39 is 0 Å². The second kappa shape index (κ2) is 9.22. The van der Waals surface area contributed by atoms with Gasteiger partial charge in [0.2, 0.25) is 0 Å². The number of piperidine rings is 1. The number of carbonyl (C=O) groups excluding carboxylic acids is 3. The predicted octanol–water partition coefficient (Wildman–Crippen LogP) is 2.63. The highest BCUT2D eigenvalue weighted by Gasteiger charge is 2.29. The summed E-state index contributed by atoms with van der Waals surface area (Å²) in [5.74, 6) is -0.663. The minimum atomic E-state index is -0.315. The average Bonchev–Trinajstić information content (AvgIpc) is 2.61. The van der Waals surface area contributed by atoms with Gasteiger partial charge in [0.1, 0.15) is 0 Å². The van der Waals surface area contributed by atoms with E-state index in [1.165, 1.54) is 0 Å². The molecule has 26 heavy (non-hydrogen) atoms. The smallest absolute Gasteiger partial charge is 0.319 e. The van der Waals surface area contributed by atoms with Crippen LogP contribution in [0.3, 0.4) is 0 Å². The molecular formula is C19H27N3O4. The maximum atomic E-state index is 12.8. The Labute approximate surface area is 154 Å². The second-order valence-corrected chi connectivity index (χ2v) is 6.68. The lowest BCUT2D eigenvalue weighted by Gasteiger charge is -2.31. The Morgan fingerprint density at radius 2 is 2.08 bits per heavy atom. The van der Waals surface area contributed by atoms with Crippen LogP contribution >= 0.6 is 0 Å². The molecule has 1 aromatic rings. The summed E-state index contributed by atoms with van der Waals surface area (Å²) < 4.78 is 5.08. The molecule has 0 aliphatic carbocycles. The van der Waals surface area contributed by atoms with Gasteiger partial charge in [-0.2, -0.15) is 0 Å². The van der Waals surface area contributed by atoms with Gasteiger partial charge in [-0.3, -0.25) is 9.59 Å². The number of nitrogens with one attached hydrogen (secondary N) is 2. The van der Waals surface area contributed by atoms with Gasteiger partial charge in [-0.15, -0.1) is 0 Å². The lowest BCUT2D eigenvalue weighted by atomic mass is 9.97. The molecule has 0 aromatic heterocycles. The van der Waals surface area contributed by atoms with Gasteiger partial charge in [0, 0.05) is 30.4 Å². The van der Waals surface area contributed by atoms with Crippen LogP contribution in [0.1, 0.15) is 44.0 Å². The van der Waals surface area contributed by atoms with Gasteiger partial charge in [0.15, 0.2) is 0 Å². The third-order valence-electron chi connectivity index (χ3n) is 4.12. The molecule has 1 heterocycles. The van der Waals surface area contributed by atoms with E-state index >= 15 is 0 Å². The lowest BCUT2D eigenvalue weighted by molar-refractivity contribution is -0.149. The second-order valence-electron chi connectivity index (χ2n) is 6.68. The molecule has 1 aliphatic rings. The third-order valence-corrected chi connectivity index (χ3v) is 4.12. The fraction of sp³-hybridized carbons (Fsp3) is 0.526. The number of hydrogen-bond donors (Lipinski definition) is 2. The van der Waals surface area contributed by atoms with Crippen molar-refractivity contribution in [3.8, 4) is 0 Å². The van der Waals surface area contributed by atoms with Gasteiger partial charge in [-0.05, 0) is 51.8 Å². The summed E-state index contributed by atoms with van der Waals surface area (Å²) in [6.07, 6.45) is 1.50. The van der Waals surface area contributed by atoms with Crippen LogP contribution in [-0.4, -0.2) is 48.5 Å². The summed E-state index contributed by atoms with van der Waals surface area (Å²) in [6, 6.07) is 6.52. The van der Waals surface area contributed by atoms with Crippen molar-refractivity contribution in [2.24, 2.45) is 5.92 Å². The maximum absolute atomic E-state index is 12.8. The van der Waals surface area contributed by atoms with Crippen LogP contribution in [0.25, 0.3) is 0 Å². The van der Waals surface area contributed by atoms with Crippen LogP contribution in [0.2, 0.25) is 0 Å². The van der Waals surface area contributed by atoms with Crippen LogP contribution in [0, 0.1) is 5.92 Å². The monoisotopic (exact) mass is 361 g/mol. The molecule has 2 N–H and O–H groups in total. The molecule has 1 unspecified atom stereocenters. The summed E-state index contributed by atoms with van der Waals surface area (Å²) in [5, 5.41) is 5.46. The number of nitrogens with zero attached hydrogens (tertiary/aromatic N) is 1. The van der Waals surface area contributed by atoms with Gasteiger partial charge in [-0.1, -0.05) is 6.07 Å². The first-order chi connectivity index (χ1) is 12.4. The Bertz CT molecular complexity index is 660. The molecule has 3 amide bonds. The van der Waals surface area contributed by atoms with E-state index in [9.17, 15) is 14.4 Å². The molecule has 0 bridgehead atoms. The maximum Gasteiger partial charge on any atom is 0.319 e. The third kappa shape index (κ3) is 5.47. The minimum Gasteiger partial charge on any atom is -0.466 e. The van der Waals surface area contributed by atoms with Crippen LogP contribution in [-0.2, 0) is 9.53 Å². The molecule has 0 saturated carbocycles. The summed E-state index contributed by atoms with van der Waals surface area (Å²) >= 11 is 0. The van der Waals surface area contributed by atoms with Crippen molar-refractivity contribution in [3.05, 3.63) is 29.8 Å². The van der Waals surface area contributed by atoms with Crippen LogP contribution < -0.4 is 10.6 Å². The molecule has 1 aromatic carbocycles. The van der Waals surface area contributed by atoms with E-state index in [0.717, 1.165) is 12.8 Å². The molecular weight excluding hydrogens is 334 g/mol. The van der Waals surface area contributed by atoms with Crippen molar-refractivity contribution in [2.45, 2.75) is 39.7 Å². The molecule has 1 fully saturated rings. The molecule has 1 atom stereocenters. The highest BCUT2D eigenvalue weighted by molar-refractivity contribution is 5.97. The number of hydrogen-bond acceptors (Lipinski definition) is 4. The summed E-state index contributed by atoms with van der Waals surface area (Å²) in [4.78, 5) is 38.2. The van der Waals surface area contributed by atoms with Crippen molar-refractivity contribution >= 4 is 23.6 Å². The fourth-order valence-corrected chi connectivity index (χ4v) is 2.96. The molecule has 7 heteroatoms. The van der Waals surface area contributed by atoms with Crippen molar-refractivity contribution in [1.29, 1.82) is 0 Å². The Morgan fingerprint density at radius 3 is 2.77 bits per heavy atom. The summed E-state index contributed by atoms with van der Waals surface area (Å²) in [6.45, 7) is 6.84. The van der Waals surface area contributed by atoms with E-state index in [1.807, 2.05) is 13.8 Å². The number of benzene rings is 1. The highest BCUT2D eigenvalue weighted by atomic mass is 16.5. The number of amides is 3. The topological polar surface area (TPSA) is 87.7 Å². The van der Waals surface area contributed by atoms with Crippen molar-refractivity contribution in [1.82, 2.24) is 10.2 Å². The molecule has 7 nitrogen and oxygen atoms in total. The Balaban J connectivity index is 2.03. The lowest BCUT2D eigenvalue weighted by Crippen LogP contribution is -2.42. The SMILES string of the molecule is CCOC(=O)C1CCCN(C(=O)c2cccc(NC(=O)NC(C)C)c2)C1. The van der Waals surface area contributed by atoms with Gasteiger partial charge in [0.25, 0.3) is 5.91 Å². The number of ether oxygens (including phenoxy) is 1. The highest BCUT2D eigenvalue weighted by Crippen LogP contribution is 2.21. The summed E-state index contributed by atoms with van der Waals surface area (Å²) in [5.41, 5.74) is 1.03. The standard InChI is InChI=1S/C19H27N3O4/c1-4-26-18(24)15-8-6-10-22(12-15)17(23)14-7-5-9-16(11-14)21-19(25)20-13(2)3/h5,7,9,11,13,15H,4,6,8,10,12H2,1-3H3,(H2,20,21,25). The van der Waals surface area contributed by atoms with Crippen LogP contribution in [0.4, 0.5) is 10.5 Å². The zero-order valence-corrected chi connectivity index (χ0v) is 15.6. The van der Waals surface area contributed by atoms with Crippen molar-refractivity contribution in [3.63, 3.8) is 0 Å². The Morgan fingerprint density at radius 1 is 1.31 bits per heavy atom. The number of carbonyl (C=O) groups is 3. The first-order valence-electron chi connectivity index (χ1n) is 9.04. The first kappa shape index (κ1) is 19.8. The van der Waals surface area contributed by atoms with Crippen molar-refractivity contribution < 1.29 is 19.1 Å².